The molecule has 0 aromatic heterocycles. The lowest BCUT2D eigenvalue weighted by molar-refractivity contribution is -0.132. The van der Waals surface area contributed by atoms with Gasteiger partial charge in [0.25, 0.3) is 11.8 Å². The average molecular weight is 395 g/mol. The summed E-state index contributed by atoms with van der Waals surface area (Å²) in [5.41, 5.74) is 2.05. The van der Waals surface area contributed by atoms with Crippen molar-refractivity contribution in [3.63, 3.8) is 0 Å². The van der Waals surface area contributed by atoms with Crippen molar-refractivity contribution in [3.8, 4) is 5.75 Å². The second-order valence-electron chi connectivity index (χ2n) is 8.86. The summed E-state index contributed by atoms with van der Waals surface area (Å²) < 4.78 is 5.95. The van der Waals surface area contributed by atoms with Crippen molar-refractivity contribution < 1.29 is 14.3 Å². The number of rotatable bonds is 5. The van der Waals surface area contributed by atoms with Crippen molar-refractivity contribution in [2.24, 2.45) is 0 Å². The van der Waals surface area contributed by atoms with E-state index < -0.39 is 5.60 Å². The Balaban J connectivity index is 1.98. The normalized spacial score (nSPS) is 15.5. The summed E-state index contributed by atoms with van der Waals surface area (Å²) >= 11 is 0. The molecule has 154 valence electrons. The standard InChI is InChI=1S/C24H30N2O3/c1-7-23(3,4)25-21(27)18-12-13-20-19(14-18)26(22(28)24(5,6)29-20)15-17-10-8-16(2)9-11-17/h8-14H,7,15H2,1-6H3,(H,25,27). The summed E-state index contributed by atoms with van der Waals surface area (Å²) in [7, 11) is 0. The molecular formula is C24H30N2O3. The van der Waals surface area contributed by atoms with E-state index in [4.69, 9.17) is 4.74 Å². The van der Waals surface area contributed by atoms with Crippen molar-refractivity contribution in [2.75, 3.05) is 4.90 Å². The second-order valence-corrected chi connectivity index (χ2v) is 8.86. The number of carbonyl (C=O) groups excluding carboxylic acids is 2. The number of fused-ring (bicyclic) bond motifs is 1. The molecule has 0 radical (unpaired) electrons. The van der Waals surface area contributed by atoms with Gasteiger partial charge in [-0.2, -0.15) is 0 Å². The van der Waals surface area contributed by atoms with Gasteiger partial charge >= 0.3 is 0 Å². The lowest BCUT2D eigenvalue weighted by Crippen LogP contribution is -2.52. The maximum atomic E-state index is 13.1. The van der Waals surface area contributed by atoms with E-state index in [0.29, 0.717) is 23.5 Å². The number of aryl methyl sites for hydroxylation is 1. The molecule has 1 heterocycles. The fourth-order valence-corrected chi connectivity index (χ4v) is 3.21. The number of nitrogens with zero attached hydrogens (tertiary/aromatic N) is 1. The van der Waals surface area contributed by atoms with Crippen LogP contribution in [0.3, 0.4) is 0 Å². The lowest BCUT2D eigenvalue weighted by Gasteiger charge is -2.39. The summed E-state index contributed by atoms with van der Waals surface area (Å²) in [6.07, 6.45) is 0.818. The fraction of sp³-hybridized carbons (Fsp3) is 0.417. The van der Waals surface area contributed by atoms with Crippen LogP contribution in [0.4, 0.5) is 5.69 Å². The zero-order valence-electron chi connectivity index (χ0n) is 18.1. The fourth-order valence-electron chi connectivity index (χ4n) is 3.21. The van der Waals surface area contributed by atoms with Crippen LogP contribution in [0.2, 0.25) is 0 Å². The number of hydrogen-bond donors (Lipinski definition) is 1. The molecule has 0 bridgehead atoms. The third-order valence-corrected chi connectivity index (χ3v) is 5.43. The van der Waals surface area contributed by atoms with Gasteiger partial charge in [0.05, 0.1) is 12.2 Å². The van der Waals surface area contributed by atoms with Crippen molar-refractivity contribution in [1.29, 1.82) is 0 Å². The molecule has 2 aromatic carbocycles. The molecule has 5 heteroatoms. The van der Waals surface area contributed by atoms with Crippen LogP contribution >= 0.6 is 0 Å². The third kappa shape index (κ3) is 4.44. The third-order valence-electron chi connectivity index (χ3n) is 5.43. The summed E-state index contributed by atoms with van der Waals surface area (Å²) in [4.78, 5) is 27.6. The Labute approximate surface area is 173 Å². The zero-order valence-corrected chi connectivity index (χ0v) is 18.1. The molecule has 5 nitrogen and oxygen atoms in total. The summed E-state index contributed by atoms with van der Waals surface area (Å²) in [6.45, 7) is 12.0. The molecule has 1 aliphatic rings. The molecule has 2 amide bonds. The molecule has 1 aliphatic heterocycles. The molecule has 1 N–H and O–H groups in total. The van der Waals surface area contributed by atoms with Gasteiger partial charge in [-0.3, -0.25) is 9.59 Å². The van der Waals surface area contributed by atoms with E-state index >= 15 is 0 Å². The van der Waals surface area contributed by atoms with E-state index in [1.54, 1.807) is 36.9 Å². The Hall–Kier alpha value is -2.82. The van der Waals surface area contributed by atoms with Gasteiger partial charge in [-0.1, -0.05) is 36.8 Å². The highest BCUT2D eigenvalue weighted by Gasteiger charge is 2.41. The molecule has 0 atom stereocenters. The quantitative estimate of drug-likeness (QED) is 0.805. The van der Waals surface area contributed by atoms with Crippen molar-refractivity contribution in [2.45, 2.75) is 65.6 Å². The number of carbonyl (C=O) groups is 2. The molecule has 0 aliphatic carbocycles. The molecule has 0 unspecified atom stereocenters. The van der Waals surface area contributed by atoms with Crippen molar-refractivity contribution >= 4 is 17.5 Å². The molecule has 0 spiro atoms. The summed E-state index contributed by atoms with van der Waals surface area (Å²) in [6, 6.07) is 13.4. The smallest absolute Gasteiger partial charge is 0.271 e. The van der Waals surface area contributed by atoms with Crippen LogP contribution in [0.1, 0.15) is 62.5 Å². The van der Waals surface area contributed by atoms with Crippen LogP contribution in [0.15, 0.2) is 42.5 Å². The number of amides is 2. The van der Waals surface area contributed by atoms with Gasteiger partial charge in [0.2, 0.25) is 0 Å². The van der Waals surface area contributed by atoms with Gasteiger partial charge in [0.15, 0.2) is 5.60 Å². The highest BCUT2D eigenvalue weighted by Crippen LogP contribution is 2.39. The van der Waals surface area contributed by atoms with Crippen LogP contribution < -0.4 is 15.0 Å². The van der Waals surface area contributed by atoms with Gasteiger partial charge in [0, 0.05) is 11.1 Å². The van der Waals surface area contributed by atoms with E-state index in [9.17, 15) is 9.59 Å². The first kappa shape index (κ1) is 20.9. The Bertz CT molecular complexity index is 930. The van der Waals surface area contributed by atoms with Crippen LogP contribution in [-0.4, -0.2) is 23.0 Å². The maximum Gasteiger partial charge on any atom is 0.271 e. The first-order valence-electron chi connectivity index (χ1n) is 10.1. The molecule has 3 rings (SSSR count). The Morgan fingerprint density at radius 3 is 2.41 bits per heavy atom. The largest absolute Gasteiger partial charge is 0.476 e. The predicted molar refractivity (Wildman–Crippen MR) is 115 cm³/mol. The molecule has 29 heavy (non-hydrogen) atoms. The van der Waals surface area contributed by atoms with E-state index in [0.717, 1.165) is 12.0 Å². The van der Waals surface area contributed by atoms with E-state index in [-0.39, 0.29) is 17.4 Å². The molecule has 0 saturated carbocycles. The van der Waals surface area contributed by atoms with Crippen LogP contribution in [0.25, 0.3) is 0 Å². The topological polar surface area (TPSA) is 58.6 Å². The van der Waals surface area contributed by atoms with Crippen LogP contribution in [-0.2, 0) is 11.3 Å². The molecule has 0 fully saturated rings. The van der Waals surface area contributed by atoms with Gasteiger partial charge in [-0.15, -0.1) is 0 Å². The van der Waals surface area contributed by atoms with E-state index in [1.165, 1.54) is 5.56 Å². The minimum atomic E-state index is -0.967. The maximum absolute atomic E-state index is 13.1. The van der Waals surface area contributed by atoms with Gasteiger partial charge in [-0.05, 0) is 64.8 Å². The lowest BCUT2D eigenvalue weighted by atomic mass is 9.99. The summed E-state index contributed by atoms with van der Waals surface area (Å²) in [5.74, 6) is 0.317. The van der Waals surface area contributed by atoms with Gasteiger partial charge < -0.3 is 15.0 Å². The number of ether oxygens (including phenoxy) is 1. The first-order valence-corrected chi connectivity index (χ1v) is 10.1. The Morgan fingerprint density at radius 1 is 1.14 bits per heavy atom. The molecule has 2 aromatic rings. The van der Waals surface area contributed by atoms with Crippen molar-refractivity contribution in [3.05, 3.63) is 59.2 Å². The highest BCUT2D eigenvalue weighted by molar-refractivity contribution is 6.04. The summed E-state index contributed by atoms with van der Waals surface area (Å²) in [5, 5.41) is 3.04. The van der Waals surface area contributed by atoms with Crippen molar-refractivity contribution in [1.82, 2.24) is 5.32 Å². The number of anilines is 1. The number of hydrogen-bond acceptors (Lipinski definition) is 3. The Morgan fingerprint density at radius 2 is 1.79 bits per heavy atom. The van der Waals surface area contributed by atoms with Gasteiger partial charge in [-0.25, -0.2) is 0 Å². The van der Waals surface area contributed by atoms with Crippen LogP contribution in [0, 0.1) is 6.92 Å². The predicted octanol–water partition coefficient (Wildman–Crippen LogP) is 4.62. The minimum Gasteiger partial charge on any atom is -0.476 e. The molecular weight excluding hydrogens is 364 g/mol. The second kappa shape index (κ2) is 7.54. The van der Waals surface area contributed by atoms with E-state index in [1.807, 2.05) is 52.0 Å². The van der Waals surface area contributed by atoms with E-state index in [2.05, 4.69) is 5.32 Å². The zero-order chi connectivity index (χ0) is 21.4. The Kier molecular flexibility index (Phi) is 5.44. The highest BCUT2D eigenvalue weighted by atomic mass is 16.5. The number of benzene rings is 2. The monoisotopic (exact) mass is 394 g/mol. The minimum absolute atomic E-state index is 0.128. The first-order chi connectivity index (χ1) is 13.5. The van der Waals surface area contributed by atoms with Gasteiger partial charge in [0.1, 0.15) is 5.75 Å². The number of nitrogens with one attached hydrogen (secondary N) is 1. The molecule has 0 saturated heterocycles. The van der Waals surface area contributed by atoms with Crippen LogP contribution in [0.5, 0.6) is 5.75 Å². The average Bonchev–Trinajstić information content (AvgIpc) is 2.66. The SMILES string of the molecule is CCC(C)(C)NC(=O)c1ccc2c(c1)N(Cc1ccc(C)cc1)C(=O)C(C)(C)O2.